The van der Waals surface area contributed by atoms with Gasteiger partial charge in [-0.15, -0.1) is 0 Å². The first-order chi connectivity index (χ1) is 7.43. The lowest BCUT2D eigenvalue weighted by atomic mass is 9.87. The summed E-state index contributed by atoms with van der Waals surface area (Å²) in [5.74, 6) is 0. The van der Waals surface area contributed by atoms with Gasteiger partial charge in [0.1, 0.15) is 0 Å². The molecule has 0 aliphatic heterocycles. The van der Waals surface area contributed by atoms with Gasteiger partial charge in [0.05, 0.1) is 0 Å². The van der Waals surface area contributed by atoms with E-state index in [0.29, 0.717) is 5.41 Å². The molecule has 1 unspecified atom stereocenters. The molecule has 2 N–H and O–H groups in total. The summed E-state index contributed by atoms with van der Waals surface area (Å²) in [7, 11) is 2.24. The summed E-state index contributed by atoms with van der Waals surface area (Å²) < 4.78 is 0. The number of nitrogens with zero attached hydrogens (tertiary/aromatic N) is 1. The van der Waals surface area contributed by atoms with Crippen molar-refractivity contribution in [1.82, 2.24) is 4.90 Å². The van der Waals surface area contributed by atoms with E-state index in [-0.39, 0.29) is 0 Å². The molecule has 0 saturated carbocycles. The maximum absolute atomic E-state index is 5.73. The van der Waals surface area contributed by atoms with Gasteiger partial charge in [0.2, 0.25) is 0 Å². The normalized spacial score (nSPS) is 14.4. The zero-order valence-electron chi connectivity index (χ0n) is 12.1. The van der Waals surface area contributed by atoms with Gasteiger partial charge in [-0.1, -0.05) is 33.6 Å². The maximum Gasteiger partial charge on any atom is 0.00637 e. The van der Waals surface area contributed by atoms with Gasteiger partial charge in [0.15, 0.2) is 0 Å². The maximum atomic E-state index is 5.73. The van der Waals surface area contributed by atoms with Crippen molar-refractivity contribution >= 4 is 0 Å². The Hall–Kier alpha value is -0.0800. The lowest BCUT2D eigenvalue weighted by Gasteiger charge is -2.26. The number of rotatable bonds is 9. The van der Waals surface area contributed by atoms with Crippen molar-refractivity contribution < 1.29 is 0 Å². The third-order valence-electron chi connectivity index (χ3n) is 3.63. The van der Waals surface area contributed by atoms with Crippen molar-refractivity contribution in [1.29, 1.82) is 0 Å². The molecule has 0 bridgehead atoms. The largest absolute Gasteiger partial charge is 0.330 e. The van der Waals surface area contributed by atoms with Gasteiger partial charge in [-0.05, 0) is 51.7 Å². The Labute approximate surface area is 103 Å². The molecule has 2 nitrogen and oxygen atoms in total. The monoisotopic (exact) mass is 228 g/mol. The highest BCUT2D eigenvalue weighted by Gasteiger charge is 2.15. The second-order valence-electron chi connectivity index (χ2n) is 5.94. The Bertz CT molecular complexity index is 166. The van der Waals surface area contributed by atoms with Crippen LogP contribution in [0.4, 0.5) is 0 Å². The smallest absolute Gasteiger partial charge is 0.00637 e. The molecule has 0 aliphatic rings. The molecule has 0 aromatic carbocycles. The molecule has 0 radical (unpaired) electrons. The van der Waals surface area contributed by atoms with E-state index in [2.05, 4.69) is 39.6 Å². The van der Waals surface area contributed by atoms with E-state index in [1.807, 2.05) is 0 Å². The fourth-order valence-corrected chi connectivity index (χ4v) is 1.93. The first-order valence-electron chi connectivity index (χ1n) is 6.83. The highest BCUT2D eigenvalue weighted by Crippen LogP contribution is 2.21. The van der Waals surface area contributed by atoms with Crippen LogP contribution in [0.2, 0.25) is 0 Å². The molecular formula is C14H32N2. The number of hydrogen-bond donors (Lipinski definition) is 1. The van der Waals surface area contributed by atoms with Gasteiger partial charge >= 0.3 is 0 Å². The van der Waals surface area contributed by atoms with E-state index in [4.69, 9.17) is 5.73 Å². The van der Waals surface area contributed by atoms with Gasteiger partial charge in [-0.3, -0.25) is 0 Å². The summed E-state index contributed by atoms with van der Waals surface area (Å²) in [5.41, 5.74) is 6.05. The van der Waals surface area contributed by atoms with Crippen molar-refractivity contribution in [3.63, 3.8) is 0 Å². The van der Waals surface area contributed by atoms with Crippen LogP contribution in [0.3, 0.4) is 0 Å². The van der Waals surface area contributed by atoms with Crippen LogP contribution in [0.5, 0.6) is 0 Å². The molecule has 98 valence electrons. The molecule has 0 aromatic heterocycles. The quantitative estimate of drug-likeness (QED) is 0.614. The van der Waals surface area contributed by atoms with Gasteiger partial charge in [-0.2, -0.15) is 0 Å². The fourth-order valence-electron chi connectivity index (χ4n) is 1.93. The summed E-state index contributed by atoms with van der Waals surface area (Å²) >= 11 is 0. The molecule has 0 saturated heterocycles. The molecular weight excluding hydrogens is 196 g/mol. The van der Waals surface area contributed by atoms with E-state index >= 15 is 0 Å². The van der Waals surface area contributed by atoms with E-state index < -0.39 is 0 Å². The summed E-state index contributed by atoms with van der Waals surface area (Å²) in [6.45, 7) is 11.1. The Morgan fingerprint density at radius 2 is 1.88 bits per heavy atom. The van der Waals surface area contributed by atoms with Gasteiger partial charge in [0.25, 0.3) is 0 Å². The molecule has 0 heterocycles. The molecule has 0 aliphatic carbocycles. The number of unbranched alkanes of at least 4 members (excludes halogenated alkanes) is 1. The summed E-state index contributed by atoms with van der Waals surface area (Å²) in [4.78, 5) is 2.49. The first-order valence-corrected chi connectivity index (χ1v) is 6.83. The van der Waals surface area contributed by atoms with Gasteiger partial charge < -0.3 is 10.6 Å². The highest BCUT2D eigenvalue weighted by atomic mass is 15.1. The van der Waals surface area contributed by atoms with Crippen LogP contribution in [0, 0.1) is 5.41 Å². The van der Waals surface area contributed by atoms with E-state index in [1.165, 1.54) is 38.6 Å². The highest BCUT2D eigenvalue weighted by molar-refractivity contribution is 4.70. The predicted octanol–water partition coefficient (Wildman–Crippen LogP) is 3.26. The molecule has 2 heteroatoms. The second-order valence-corrected chi connectivity index (χ2v) is 5.94. The SMILES string of the molecule is CCCC(C)N(C)CCCCC(C)(C)CN. The first kappa shape index (κ1) is 15.9. The third-order valence-corrected chi connectivity index (χ3v) is 3.63. The Balaban J connectivity index is 3.58. The minimum absolute atomic E-state index is 0.327. The summed E-state index contributed by atoms with van der Waals surface area (Å²) in [6.07, 6.45) is 6.44. The van der Waals surface area contributed by atoms with E-state index in [9.17, 15) is 0 Å². The van der Waals surface area contributed by atoms with Crippen molar-refractivity contribution in [2.45, 2.75) is 65.8 Å². The second kappa shape index (κ2) is 8.08. The Kier molecular flexibility index (Phi) is 8.04. The molecule has 0 amide bonds. The van der Waals surface area contributed by atoms with Crippen LogP contribution in [0.15, 0.2) is 0 Å². The predicted molar refractivity (Wildman–Crippen MR) is 73.7 cm³/mol. The molecule has 0 spiro atoms. The summed E-state index contributed by atoms with van der Waals surface area (Å²) in [5, 5.41) is 0. The fraction of sp³-hybridized carbons (Fsp3) is 1.00. The average molecular weight is 228 g/mol. The zero-order chi connectivity index (χ0) is 12.6. The van der Waals surface area contributed by atoms with Crippen molar-refractivity contribution in [2.24, 2.45) is 11.1 Å². The van der Waals surface area contributed by atoms with Crippen molar-refractivity contribution in [3.05, 3.63) is 0 Å². The molecule has 0 fully saturated rings. The molecule has 0 rings (SSSR count). The van der Waals surface area contributed by atoms with Crippen LogP contribution >= 0.6 is 0 Å². The average Bonchev–Trinajstić information content (AvgIpc) is 2.24. The van der Waals surface area contributed by atoms with Crippen LogP contribution in [-0.2, 0) is 0 Å². The lowest BCUT2D eigenvalue weighted by Crippen LogP contribution is -2.30. The lowest BCUT2D eigenvalue weighted by molar-refractivity contribution is 0.232. The summed E-state index contributed by atoms with van der Waals surface area (Å²) in [6, 6.07) is 0.729. The minimum atomic E-state index is 0.327. The number of hydrogen-bond acceptors (Lipinski definition) is 2. The Morgan fingerprint density at radius 1 is 1.25 bits per heavy atom. The van der Waals surface area contributed by atoms with Gasteiger partial charge in [0, 0.05) is 6.04 Å². The van der Waals surface area contributed by atoms with Crippen LogP contribution in [0.25, 0.3) is 0 Å². The topological polar surface area (TPSA) is 29.3 Å². The molecule has 0 aromatic rings. The Morgan fingerprint density at radius 3 is 2.38 bits per heavy atom. The van der Waals surface area contributed by atoms with Crippen LogP contribution < -0.4 is 5.73 Å². The van der Waals surface area contributed by atoms with E-state index in [1.54, 1.807) is 0 Å². The molecule has 1 atom stereocenters. The molecule has 16 heavy (non-hydrogen) atoms. The van der Waals surface area contributed by atoms with E-state index in [0.717, 1.165) is 12.6 Å². The number of nitrogens with two attached hydrogens (primary N) is 1. The minimum Gasteiger partial charge on any atom is -0.330 e. The standard InChI is InChI=1S/C14H32N2/c1-6-9-13(2)16(5)11-8-7-10-14(3,4)12-15/h13H,6-12,15H2,1-5H3. The van der Waals surface area contributed by atoms with Crippen molar-refractivity contribution in [2.75, 3.05) is 20.1 Å². The zero-order valence-corrected chi connectivity index (χ0v) is 12.1. The third kappa shape index (κ3) is 7.24. The van der Waals surface area contributed by atoms with Crippen LogP contribution in [-0.4, -0.2) is 31.1 Å². The van der Waals surface area contributed by atoms with Crippen LogP contribution in [0.1, 0.15) is 59.8 Å². The van der Waals surface area contributed by atoms with Gasteiger partial charge in [-0.25, -0.2) is 0 Å². The van der Waals surface area contributed by atoms with Crippen molar-refractivity contribution in [3.8, 4) is 0 Å².